The van der Waals surface area contributed by atoms with Crippen LogP contribution < -0.4 is 10.1 Å². The molecule has 112 valence electrons. The zero-order chi connectivity index (χ0) is 14.6. The first-order valence-corrected chi connectivity index (χ1v) is 6.90. The van der Waals surface area contributed by atoms with E-state index in [4.69, 9.17) is 9.47 Å². The molecule has 0 saturated carbocycles. The van der Waals surface area contributed by atoms with Crippen molar-refractivity contribution in [1.29, 1.82) is 0 Å². The van der Waals surface area contributed by atoms with Crippen LogP contribution in [0.5, 0.6) is 5.75 Å². The van der Waals surface area contributed by atoms with Crippen LogP contribution >= 0.6 is 0 Å². The molecule has 1 saturated heterocycles. The fourth-order valence-electron chi connectivity index (χ4n) is 2.40. The Labute approximate surface area is 118 Å². The average molecular weight is 283 g/mol. The zero-order valence-electron chi connectivity index (χ0n) is 12.0. The molecule has 2 unspecified atom stereocenters. The van der Waals surface area contributed by atoms with E-state index in [1.54, 1.807) is 12.1 Å². The first kappa shape index (κ1) is 15.2. The Bertz CT molecular complexity index is 449. The van der Waals surface area contributed by atoms with Gasteiger partial charge in [0, 0.05) is 13.2 Å². The van der Waals surface area contributed by atoms with Crippen molar-refractivity contribution >= 4 is 0 Å². The number of methoxy groups -OCH3 is 1. The predicted molar refractivity (Wildman–Crippen MR) is 74.4 cm³/mol. The summed E-state index contributed by atoms with van der Waals surface area (Å²) in [5, 5.41) is 13.0. The standard InChI is InChI=1S/C15H22FNO3/c1-15(10-18,17-9-12-4-3-7-20-12)11-5-6-14(19-2)13(16)8-11/h5-6,8,12,17-18H,3-4,7,9-10H2,1-2H3. The lowest BCUT2D eigenvalue weighted by Gasteiger charge is -2.31. The Hall–Kier alpha value is -1.17. The second-order valence-corrected chi connectivity index (χ2v) is 5.36. The van der Waals surface area contributed by atoms with Crippen molar-refractivity contribution in [2.45, 2.75) is 31.4 Å². The van der Waals surface area contributed by atoms with Crippen molar-refractivity contribution in [1.82, 2.24) is 5.32 Å². The Morgan fingerprint density at radius 1 is 1.55 bits per heavy atom. The average Bonchev–Trinajstić information content (AvgIpc) is 2.98. The highest BCUT2D eigenvalue weighted by Gasteiger charge is 2.28. The summed E-state index contributed by atoms with van der Waals surface area (Å²) < 4.78 is 24.3. The maximum Gasteiger partial charge on any atom is 0.165 e. The van der Waals surface area contributed by atoms with Gasteiger partial charge in [0.05, 0.1) is 25.4 Å². The predicted octanol–water partition coefficient (Wildman–Crippen LogP) is 1.81. The highest BCUT2D eigenvalue weighted by Crippen LogP contribution is 2.26. The lowest BCUT2D eigenvalue weighted by molar-refractivity contribution is 0.0909. The van der Waals surface area contributed by atoms with Gasteiger partial charge in [-0.1, -0.05) is 6.07 Å². The van der Waals surface area contributed by atoms with Gasteiger partial charge in [-0.3, -0.25) is 0 Å². The van der Waals surface area contributed by atoms with E-state index in [9.17, 15) is 9.50 Å². The van der Waals surface area contributed by atoms with Crippen molar-refractivity contribution in [3.63, 3.8) is 0 Å². The third kappa shape index (κ3) is 3.29. The molecule has 0 bridgehead atoms. The zero-order valence-corrected chi connectivity index (χ0v) is 12.0. The number of ether oxygens (including phenoxy) is 2. The number of rotatable bonds is 6. The molecule has 1 aromatic rings. The van der Waals surface area contributed by atoms with Crippen molar-refractivity contribution in [3.05, 3.63) is 29.6 Å². The summed E-state index contributed by atoms with van der Waals surface area (Å²) in [5.74, 6) is -0.225. The topological polar surface area (TPSA) is 50.7 Å². The molecule has 0 aromatic heterocycles. The molecule has 20 heavy (non-hydrogen) atoms. The van der Waals surface area contributed by atoms with Crippen LogP contribution in [-0.4, -0.2) is 38.1 Å². The van der Waals surface area contributed by atoms with Crippen molar-refractivity contribution in [2.75, 3.05) is 26.9 Å². The first-order chi connectivity index (χ1) is 9.59. The third-order valence-electron chi connectivity index (χ3n) is 3.85. The van der Waals surface area contributed by atoms with Gasteiger partial charge < -0.3 is 19.9 Å². The van der Waals surface area contributed by atoms with Gasteiger partial charge in [-0.25, -0.2) is 4.39 Å². The van der Waals surface area contributed by atoms with Crippen molar-refractivity contribution < 1.29 is 19.0 Å². The molecular formula is C15H22FNO3. The lowest BCUT2D eigenvalue weighted by Crippen LogP contribution is -2.46. The highest BCUT2D eigenvalue weighted by molar-refractivity contribution is 5.33. The molecule has 1 aromatic carbocycles. The summed E-state index contributed by atoms with van der Waals surface area (Å²) in [4.78, 5) is 0. The highest BCUT2D eigenvalue weighted by atomic mass is 19.1. The van der Waals surface area contributed by atoms with Crippen LogP contribution in [0.15, 0.2) is 18.2 Å². The van der Waals surface area contributed by atoms with E-state index in [1.165, 1.54) is 13.2 Å². The Morgan fingerprint density at radius 2 is 2.35 bits per heavy atom. The number of nitrogens with one attached hydrogen (secondary N) is 1. The van der Waals surface area contributed by atoms with Gasteiger partial charge in [-0.15, -0.1) is 0 Å². The monoisotopic (exact) mass is 283 g/mol. The van der Waals surface area contributed by atoms with Crippen LogP contribution in [0.3, 0.4) is 0 Å². The van der Waals surface area contributed by atoms with Crippen LogP contribution in [0.25, 0.3) is 0 Å². The number of aliphatic hydroxyl groups excluding tert-OH is 1. The molecule has 4 nitrogen and oxygen atoms in total. The SMILES string of the molecule is COc1ccc(C(C)(CO)NCC2CCCO2)cc1F. The fourth-order valence-corrected chi connectivity index (χ4v) is 2.40. The minimum atomic E-state index is -0.695. The molecule has 0 aliphatic carbocycles. The summed E-state index contributed by atoms with van der Waals surface area (Å²) in [6.07, 6.45) is 2.26. The van der Waals surface area contributed by atoms with Gasteiger partial charge >= 0.3 is 0 Å². The fraction of sp³-hybridized carbons (Fsp3) is 0.600. The minimum absolute atomic E-state index is 0.120. The van der Waals surface area contributed by atoms with E-state index in [0.717, 1.165) is 19.4 Å². The molecule has 5 heteroatoms. The maximum absolute atomic E-state index is 13.8. The lowest BCUT2D eigenvalue weighted by atomic mass is 9.92. The summed E-state index contributed by atoms with van der Waals surface area (Å²) in [6.45, 7) is 3.17. The van der Waals surface area contributed by atoms with Gasteiger partial charge in [-0.2, -0.15) is 0 Å². The number of hydrogen-bond donors (Lipinski definition) is 2. The first-order valence-electron chi connectivity index (χ1n) is 6.90. The summed E-state index contributed by atoms with van der Waals surface area (Å²) >= 11 is 0. The van der Waals surface area contributed by atoms with Gasteiger partial charge in [0.1, 0.15) is 0 Å². The Kier molecular flexibility index (Phi) is 4.96. The van der Waals surface area contributed by atoms with Crippen LogP contribution in [0, 0.1) is 5.82 Å². The molecule has 2 N–H and O–H groups in total. The van der Waals surface area contributed by atoms with Crippen LogP contribution in [-0.2, 0) is 10.3 Å². The van der Waals surface area contributed by atoms with Gasteiger partial charge in [-0.05, 0) is 37.5 Å². The van der Waals surface area contributed by atoms with Gasteiger partial charge in [0.15, 0.2) is 11.6 Å². The number of halogens is 1. The van der Waals surface area contributed by atoms with E-state index in [2.05, 4.69) is 5.32 Å². The quantitative estimate of drug-likeness (QED) is 0.836. The van der Waals surface area contributed by atoms with Crippen molar-refractivity contribution in [2.24, 2.45) is 0 Å². The summed E-state index contributed by atoms with van der Waals surface area (Å²) in [5.41, 5.74) is -0.00436. The number of benzene rings is 1. The molecule has 0 spiro atoms. The molecule has 2 atom stereocenters. The van der Waals surface area contributed by atoms with E-state index in [1.807, 2.05) is 6.92 Å². The second kappa shape index (κ2) is 6.52. The van der Waals surface area contributed by atoms with E-state index in [-0.39, 0.29) is 18.5 Å². The molecule has 1 aliphatic heterocycles. The number of hydrogen-bond acceptors (Lipinski definition) is 4. The molecule has 1 heterocycles. The molecule has 0 radical (unpaired) electrons. The second-order valence-electron chi connectivity index (χ2n) is 5.36. The minimum Gasteiger partial charge on any atom is -0.494 e. The van der Waals surface area contributed by atoms with Crippen LogP contribution in [0.4, 0.5) is 4.39 Å². The van der Waals surface area contributed by atoms with Gasteiger partial charge in [0.2, 0.25) is 0 Å². The molecule has 1 fully saturated rings. The molecular weight excluding hydrogens is 261 g/mol. The van der Waals surface area contributed by atoms with Gasteiger partial charge in [0.25, 0.3) is 0 Å². The van der Waals surface area contributed by atoms with E-state index < -0.39 is 11.4 Å². The van der Waals surface area contributed by atoms with E-state index >= 15 is 0 Å². The molecule has 0 amide bonds. The largest absolute Gasteiger partial charge is 0.494 e. The van der Waals surface area contributed by atoms with E-state index in [0.29, 0.717) is 12.1 Å². The number of aliphatic hydroxyl groups is 1. The Balaban J connectivity index is 2.10. The Morgan fingerprint density at radius 3 is 2.90 bits per heavy atom. The molecule has 1 aliphatic rings. The van der Waals surface area contributed by atoms with Crippen LogP contribution in [0.1, 0.15) is 25.3 Å². The van der Waals surface area contributed by atoms with Crippen molar-refractivity contribution in [3.8, 4) is 5.75 Å². The molecule has 2 rings (SSSR count). The maximum atomic E-state index is 13.8. The summed E-state index contributed by atoms with van der Waals surface area (Å²) in [7, 11) is 1.43. The summed E-state index contributed by atoms with van der Waals surface area (Å²) in [6, 6.07) is 4.74. The van der Waals surface area contributed by atoms with Crippen LogP contribution in [0.2, 0.25) is 0 Å². The smallest absolute Gasteiger partial charge is 0.165 e. The third-order valence-corrected chi connectivity index (χ3v) is 3.85. The normalized spacial score (nSPS) is 21.7.